The fourth-order valence-corrected chi connectivity index (χ4v) is 2.40. The highest BCUT2D eigenvalue weighted by Crippen LogP contribution is 2.14. The normalized spacial score (nSPS) is 14.0. The van der Waals surface area contributed by atoms with Gasteiger partial charge in [-0.15, -0.1) is 0 Å². The van der Waals surface area contributed by atoms with Crippen LogP contribution < -0.4 is 0 Å². The molecule has 0 radical (unpaired) electrons. The summed E-state index contributed by atoms with van der Waals surface area (Å²) in [5, 5.41) is 36.7. The highest BCUT2D eigenvalue weighted by Gasteiger charge is 2.11. The molecule has 0 amide bonds. The summed E-state index contributed by atoms with van der Waals surface area (Å²) in [7, 11) is 0. The van der Waals surface area contributed by atoms with Crippen LogP contribution >= 0.6 is 0 Å². The quantitative estimate of drug-likeness (QED) is 0.348. The number of carboxylic acid groups (broad SMARTS) is 1. The van der Waals surface area contributed by atoms with E-state index in [0.29, 0.717) is 19.3 Å². The van der Waals surface area contributed by atoms with Crippen LogP contribution in [0.25, 0.3) is 0 Å². The van der Waals surface area contributed by atoms with E-state index >= 15 is 0 Å². The molecule has 126 valence electrons. The van der Waals surface area contributed by atoms with E-state index in [4.69, 9.17) is 10.2 Å². The summed E-state index contributed by atoms with van der Waals surface area (Å²) in [6, 6.07) is 0. The van der Waals surface area contributed by atoms with E-state index in [2.05, 4.69) is 0 Å². The van der Waals surface area contributed by atoms with Gasteiger partial charge >= 0.3 is 5.97 Å². The van der Waals surface area contributed by atoms with Crippen molar-refractivity contribution in [3.05, 3.63) is 0 Å². The first-order valence-corrected chi connectivity index (χ1v) is 8.25. The van der Waals surface area contributed by atoms with Crippen molar-refractivity contribution in [3.63, 3.8) is 0 Å². The van der Waals surface area contributed by atoms with Crippen LogP contribution in [0.4, 0.5) is 0 Å². The van der Waals surface area contributed by atoms with Gasteiger partial charge in [-0.25, -0.2) is 0 Å². The number of carbonyl (C=O) groups is 1. The maximum absolute atomic E-state index is 10.3. The minimum Gasteiger partial charge on any atom is -0.481 e. The summed E-state index contributed by atoms with van der Waals surface area (Å²) >= 11 is 0. The van der Waals surface area contributed by atoms with Crippen molar-refractivity contribution in [2.45, 2.75) is 89.3 Å². The molecular formula is C16H32O5. The highest BCUT2D eigenvalue weighted by molar-refractivity contribution is 5.66. The highest BCUT2D eigenvalue weighted by atomic mass is 16.4. The Kier molecular flexibility index (Phi) is 13.9. The van der Waals surface area contributed by atoms with Crippen molar-refractivity contribution in [2.24, 2.45) is 0 Å². The van der Waals surface area contributed by atoms with E-state index in [-0.39, 0.29) is 13.0 Å². The molecule has 21 heavy (non-hydrogen) atoms. The van der Waals surface area contributed by atoms with Gasteiger partial charge < -0.3 is 20.4 Å². The first-order valence-electron chi connectivity index (χ1n) is 8.25. The van der Waals surface area contributed by atoms with Gasteiger partial charge in [-0.05, 0) is 32.1 Å². The van der Waals surface area contributed by atoms with Crippen molar-refractivity contribution < 1.29 is 25.2 Å². The molecule has 0 aliphatic heterocycles. The van der Waals surface area contributed by atoms with E-state index in [0.717, 1.165) is 51.4 Å². The van der Waals surface area contributed by atoms with Crippen LogP contribution in [0.1, 0.15) is 77.0 Å². The molecule has 0 saturated carbocycles. The Morgan fingerprint density at radius 3 is 1.76 bits per heavy atom. The van der Waals surface area contributed by atoms with Gasteiger partial charge in [0, 0.05) is 13.0 Å². The fourth-order valence-electron chi connectivity index (χ4n) is 2.40. The Bertz CT molecular complexity index is 245. The third-order valence-corrected chi connectivity index (χ3v) is 3.67. The molecule has 2 atom stereocenters. The largest absolute Gasteiger partial charge is 0.481 e. The number of aliphatic carboxylic acids is 1. The zero-order valence-corrected chi connectivity index (χ0v) is 13.0. The molecule has 0 aliphatic carbocycles. The zero-order chi connectivity index (χ0) is 15.9. The van der Waals surface area contributed by atoms with E-state index in [1.165, 1.54) is 0 Å². The van der Waals surface area contributed by atoms with Crippen LogP contribution in [0.5, 0.6) is 0 Å². The number of hydrogen-bond acceptors (Lipinski definition) is 4. The molecule has 0 aromatic heterocycles. The Hall–Kier alpha value is -0.650. The standard InChI is InChI=1S/C16H32O5/c17-12-8-4-6-10-15(19)13-14(18)9-5-2-1-3-7-11-16(20)21/h14-15,17-19H,1-13H2,(H,20,21). The van der Waals surface area contributed by atoms with Crippen molar-refractivity contribution in [2.75, 3.05) is 6.61 Å². The third kappa shape index (κ3) is 15.6. The first-order chi connectivity index (χ1) is 10.1. The molecule has 0 aromatic carbocycles. The maximum Gasteiger partial charge on any atom is 0.303 e. The predicted octanol–water partition coefficient (Wildman–Crippen LogP) is 2.47. The second-order valence-corrected chi connectivity index (χ2v) is 5.82. The average molecular weight is 304 g/mol. The van der Waals surface area contributed by atoms with Crippen LogP contribution in [-0.4, -0.2) is 45.2 Å². The van der Waals surface area contributed by atoms with Gasteiger partial charge in [0.15, 0.2) is 0 Å². The molecule has 5 heteroatoms. The van der Waals surface area contributed by atoms with E-state index < -0.39 is 18.2 Å². The number of aliphatic hydroxyl groups excluding tert-OH is 3. The molecule has 4 N–H and O–H groups in total. The van der Waals surface area contributed by atoms with E-state index in [1.807, 2.05) is 0 Å². The van der Waals surface area contributed by atoms with Crippen LogP contribution in [-0.2, 0) is 4.79 Å². The predicted molar refractivity (Wildman–Crippen MR) is 82.1 cm³/mol. The van der Waals surface area contributed by atoms with Crippen molar-refractivity contribution >= 4 is 5.97 Å². The number of rotatable bonds is 15. The molecule has 0 fully saturated rings. The Labute approximate surface area is 128 Å². The van der Waals surface area contributed by atoms with E-state index in [1.54, 1.807) is 0 Å². The minimum absolute atomic E-state index is 0.200. The molecule has 0 aromatic rings. The zero-order valence-electron chi connectivity index (χ0n) is 13.0. The molecule has 2 unspecified atom stereocenters. The lowest BCUT2D eigenvalue weighted by Gasteiger charge is -2.15. The molecule has 0 saturated heterocycles. The van der Waals surface area contributed by atoms with Crippen molar-refractivity contribution in [3.8, 4) is 0 Å². The van der Waals surface area contributed by atoms with Crippen LogP contribution in [0.2, 0.25) is 0 Å². The lowest BCUT2D eigenvalue weighted by molar-refractivity contribution is -0.137. The van der Waals surface area contributed by atoms with Crippen LogP contribution in [0, 0.1) is 0 Å². The summed E-state index contributed by atoms with van der Waals surface area (Å²) in [5.74, 6) is -0.738. The summed E-state index contributed by atoms with van der Waals surface area (Å²) in [5.41, 5.74) is 0. The smallest absolute Gasteiger partial charge is 0.303 e. The van der Waals surface area contributed by atoms with Gasteiger partial charge in [0.1, 0.15) is 0 Å². The van der Waals surface area contributed by atoms with E-state index in [9.17, 15) is 15.0 Å². The molecule has 5 nitrogen and oxygen atoms in total. The van der Waals surface area contributed by atoms with Gasteiger partial charge in [0.25, 0.3) is 0 Å². The molecule has 0 rings (SSSR count). The Morgan fingerprint density at radius 1 is 0.762 bits per heavy atom. The lowest BCUT2D eigenvalue weighted by Crippen LogP contribution is -2.17. The molecular weight excluding hydrogens is 272 g/mol. The maximum atomic E-state index is 10.3. The van der Waals surface area contributed by atoms with Gasteiger partial charge in [0.05, 0.1) is 12.2 Å². The third-order valence-electron chi connectivity index (χ3n) is 3.67. The number of hydrogen-bond donors (Lipinski definition) is 4. The second kappa shape index (κ2) is 14.3. The van der Waals surface area contributed by atoms with Crippen molar-refractivity contribution in [1.29, 1.82) is 0 Å². The van der Waals surface area contributed by atoms with Gasteiger partial charge in [-0.3, -0.25) is 4.79 Å². The van der Waals surface area contributed by atoms with Crippen LogP contribution in [0.15, 0.2) is 0 Å². The van der Waals surface area contributed by atoms with Gasteiger partial charge in [0.2, 0.25) is 0 Å². The number of unbranched alkanes of at least 4 members (excludes halogenated alkanes) is 6. The van der Waals surface area contributed by atoms with Gasteiger partial charge in [-0.1, -0.05) is 38.5 Å². The molecule has 0 bridgehead atoms. The Morgan fingerprint density at radius 2 is 1.24 bits per heavy atom. The minimum atomic E-state index is -0.738. The van der Waals surface area contributed by atoms with Gasteiger partial charge in [-0.2, -0.15) is 0 Å². The molecule has 0 heterocycles. The average Bonchev–Trinajstić information content (AvgIpc) is 2.42. The monoisotopic (exact) mass is 304 g/mol. The topological polar surface area (TPSA) is 98.0 Å². The molecule has 0 spiro atoms. The summed E-state index contributed by atoms with van der Waals surface area (Å²) in [6.07, 6.45) is 8.32. The first kappa shape index (κ1) is 20.3. The number of carboxylic acids is 1. The lowest BCUT2D eigenvalue weighted by atomic mass is 10.0. The number of aliphatic hydroxyl groups is 3. The van der Waals surface area contributed by atoms with Crippen molar-refractivity contribution in [1.82, 2.24) is 0 Å². The SMILES string of the molecule is O=C(O)CCCCCCCC(O)CC(O)CCCCCO. The Balaban J connectivity index is 3.36. The fraction of sp³-hybridized carbons (Fsp3) is 0.938. The van der Waals surface area contributed by atoms with Crippen LogP contribution in [0.3, 0.4) is 0 Å². The molecule has 0 aliphatic rings. The second-order valence-electron chi connectivity index (χ2n) is 5.82. The summed E-state index contributed by atoms with van der Waals surface area (Å²) in [6.45, 7) is 0.200. The summed E-state index contributed by atoms with van der Waals surface area (Å²) in [4.78, 5) is 10.3. The summed E-state index contributed by atoms with van der Waals surface area (Å²) < 4.78 is 0.